The molecule has 0 spiro atoms. The van der Waals surface area contributed by atoms with Crippen molar-refractivity contribution in [3.05, 3.63) is 59.7 Å². The Kier molecular flexibility index (Phi) is 3.87. The molecule has 21 heavy (non-hydrogen) atoms. The van der Waals surface area contributed by atoms with Gasteiger partial charge in [0.1, 0.15) is 11.5 Å². The van der Waals surface area contributed by atoms with Gasteiger partial charge in [-0.15, -0.1) is 0 Å². The molecule has 2 aromatic carbocycles. The molecule has 3 rings (SSSR count). The highest BCUT2D eigenvalue weighted by molar-refractivity contribution is 5.48. The molecule has 0 aliphatic heterocycles. The van der Waals surface area contributed by atoms with Crippen LogP contribution in [0.25, 0.3) is 0 Å². The molecule has 0 atom stereocenters. The number of aromatic hydroxyl groups is 1. The van der Waals surface area contributed by atoms with E-state index in [9.17, 15) is 5.11 Å². The number of phenols is 1. The summed E-state index contributed by atoms with van der Waals surface area (Å²) in [5, 5.41) is 9.59. The van der Waals surface area contributed by atoms with Gasteiger partial charge in [-0.3, -0.25) is 0 Å². The van der Waals surface area contributed by atoms with E-state index in [1.807, 2.05) is 12.1 Å². The predicted octanol–water partition coefficient (Wildman–Crippen LogP) is 4.65. The second kappa shape index (κ2) is 5.80. The first-order valence-corrected chi connectivity index (χ1v) is 7.69. The molecule has 1 N–H and O–H groups in total. The molecule has 0 radical (unpaired) electrons. The summed E-state index contributed by atoms with van der Waals surface area (Å²) in [6, 6.07) is 16.1. The summed E-state index contributed by atoms with van der Waals surface area (Å²) in [5.74, 6) is 1.29. The van der Waals surface area contributed by atoms with E-state index in [2.05, 4.69) is 24.3 Å². The monoisotopic (exact) mass is 282 g/mol. The normalized spacial score (nSPS) is 17.4. The first-order valence-electron chi connectivity index (χ1n) is 7.69. The van der Waals surface area contributed by atoms with Crippen molar-refractivity contribution in [2.75, 3.05) is 7.11 Å². The van der Waals surface area contributed by atoms with E-state index in [-0.39, 0.29) is 5.41 Å². The number of phenolic OH excluding ortho intramolecular Hbond substituents is 1. The van der Waals surface area contributed by atoms with Crippen LogP contribution in [0.3, 0.4) is 0 Å². The lowest BCUT2D eigenvalue weighted by Crippen LogP contribution is -2.30. The van der Waals surface area contributed by atoms with Crippen molar-refractivity contribution in [1.29, 1.82) is 0 Å². The average Bonchev–Trinajstić information content (AvgIpc) is 2.56. The SMILES string of the molecule is COc1ccccc1C1(c2ccc(O)cc2)CCCCC1. The van der Waals surface area contributed by atoms with Crippen molar-refractivity contribution in [3.63, 3.8) is 0 Å². The fraction of sp³-hybridized carbons (Fsp3) is 0.368. The second-order valence-corrected chi connectivity index (χ2v) is 5.89. The molecule has 0 saturated heterocycles. The molecule has 2 aromatic rings. The molecule has 0 aromatic heterocycles. The van der Waals surface area contributed by atoms with Crippen LogP contribution in [-0.2, 0) is 5.41 Å². The first-order chi connectivity index (χ1) is 10.3. The van der Waals surface area contributed by atoms with Crippen LogP contribution in [0, 0.1) is 0 Å². The maximum Gasteiger partial charge on any atom is 0.122 e. The molecule has 110 valence electrons. The molecule has 2 heteroatoms. The van der Waals surface area contributed by atoms with E-state index in [0.29, 0.717) is 5.75 Å². The second-order valence-electron chi connectivity index (χ2n) is 5.89. The highest BCUT2D eigenvalue weighted by Crippen LogP contribution is 2.48. The van der Waals surface area contributed by atoms with Crippen LogP contribution in [0.15, 0.2) is 48.5 Å². The summed E-state index contributed by atoms with van der Waals surface area (Å²) in [4.78, 5) is 0. The molecular formula is C19H22O2. The third kappa shape index (κ3) is 2.51. The van der Waals surface area contributed by atoms with Gasteiger partial charge < -0.3 is 9.84 Å². The molecule has 0 heterocycles. The average molecular weight is 282 g/mol. The smallest absolute Gasteiger partial charge is 0.122 e. The van der Waals surface area contributed by atoms with Crippen molar-refractivity contribution >= 4 is 0 Å². The molecule has 1 aliphatic rings. The minimum atomic E-state index is 0.0125. The lowest BCUT2D eigenvalue weighted by molar-refractivity contribution is 0.326. The van der Waals surface area contributed by atoms with E-state index < -0.39 is 0 Å². The molecular weight excluding hydrogens is 260 g/mol. The standard InChI is InChI=1S/C19H22O2/c1-21-18-8-4-3-7-17(18)19(13-5-2-6-14-19)15-9-11-16(20)12-10-15/h3-4,7-12,20H,2,5-6,13-14H2,1H3. The largest absolute Gasteiger partial charge is 0.508 e. The lowest BCUT2D eigenvalue weighted by Gasteiger charge is -2.39. The third-order valence-corrected chi connectivity index (χ3v) is 4.75. The van der Waals surface area contributed by atoms with Crippen LogP contribution in [0.2, 0.25) is 0 Å². The van der Waals surface area contributed by atoms with Crippen molar-refractivity contribution in [1.82, 2.24) is 0 Å². The highest BCUT2D eigenvalue weighted by atomic mass is 16.5. The zero-order valence-electron chi connectivity index (χ0n) is 12.5. The number of methoxy groups -OCH3 is 1. The predicted molar refractivity (Wildman–Crippen MR) is 85.0 cm³/mol. The maximum atomic E-state index is 9.59. The molecule has 0 bridgehead atoms. The zero-order valence-corrected chi connectivity index (χ0v) is 12.5. The quantitative estimate of drug-likeness (QED) is 0.887. The molecule has 0 unspecified atom stereocenters. The molecule has 0 amide bonds. The van der Waals surface area contributed by atoms with Gasteiger partial charge in [-0.05, 0) is 36.6 Å². The molecule has 1 aliphatic carbocycles. The van der Waals surface area contributed by atoms with Gasteiger partial charge in [0.2, 0.25) is 0 Å². The van der Waals surface area contributed by atoms with Gasteiger partial charge in [-0.2, -0.15) is 0 Å². The topological polar surface area (TPSA) is 29.5 Å². The van der Waals surface area contributed by atoms with Gasteiger partial charge in [0, 0.05) is 11.0 Å². The molecule has 1 fully saturated rings. The van der Waals surface area contributed by atoms with Crippen LogP contribution < -0.4 is 4.74 Å². The van der Waals surface area contributed by atoms with Gasteiger partial charge >= 0.3 is 0 Å². The number of rotatable bonds is 3. The molecule has 2 nitrogen and oxygen atoms in total. The summed E-state index contributed by atoms with van der Waals surface area (Å²) >= 11 is 0. The van der Waals surface area contributed by atoms with Crippen LogP contribution in [0.4, 0.5) is 0 Å². The fourth-order valence-corrected chi connectivity index (χ4v) is 3.69. The Morgan fingerprint density at radius 2 is 1.57 bits per heavy atom. The minimum absolute atomic E-state index is 0.0125. The summed E-state index contributed by atoms with van der Waals surface area (Å²) in [5.41, 5.74) is 2.57. The van der Waals surface area contributed by atoms with Crippen LogP contribution in [0.5, 0.6) is 11.5 Å². The Balaban J connectivity index is 2.14. The van der Waals surface area contributed by atoms with Crippen LogP contribution in [0.1, 0.15) is 43.2 Å². The van der Waals surface area contributed by atoms with Crippen LogP contribution in [-0.4, -0.2) is 12.2 Å². The Morgan fingerprint density at radius 1 is 0.905 bits per heavy atom. The summed E-state index contributed by atoms with van der Waals surface area (Å²) < 4.78 is 5.62. The van der Waals surface area contributed by atoms with E-state index in [1.165, 1.54) is 30.4 Å². The first kappa shape index (κ1) is 14.0. The number of hydrogen-bond donors (Lipinski definition) is 1. The van der Waals surface area contributed by atoms with Crippen molar-refractivity contribution in [2.45, 2.75) is 37.5 Å². The van der Waals surface area contributed by atoms with Gasteiger partial charge in [0.05, 0.1) is 7.11 Å². The Morgan fingerprint density at radius 3 is 2.24 bits per heavy atom. The summed E-state index contributed by atoms with van der Waals surface area (Å²) in [6.07, 6.45) is 6.04. The van der Waals surface area contributed by atoms with Gasteiger partial charge in [-0.25, -0.2) is 0 Å². The van der Waals surface area contributed by atoms with Gasteiger partial charge in [-0.1, -0.05) is 49.6 Å². The number of benzene rings is 2. The van der Waals surface area contributed by atoms with E-state index in [4.69, 9.17) is 4.74 Å². The van der Waals surface area contributed by atoms with Crippen molar-refractivity contribution in [2.24, 2.45) is 0 Å². The molecule has 1 saturated carbocycles. The van der Waals surface area contributed by atoms with Gasteiger partial charge in [0.15, 0.2) is 0 Å². The van der Waals surface area contributed by atoms with Crippen molar-refractivity contribution < 1.29 is 9.84 Å². The zero-order chi connectivity index (χ0) is 14.7. The highest BCUT2D eigenvalue weighted by Gasteiger charge is 2.37. The summed E-state index contributed by atoms with van der Waals surface area (Å²) in [6.45, 7) is 0. The van der Waals surface area contributed by atoms with Gasteiger partial charge in [0.25, 0.3) is 0 Å². The van der Waals surface area contributed by atoms with E-state index in [0.717, 1.165) is 18.6 Å². The minimum Gasteiger partial charge on any atom is -0.508 e. The Hall–Kier alpha value is -1.96. The number of hydrogen-bond acceptors (Lipinski definition) is 2. The number of para-hydroxylation sites is 1. The fourth-order valence-electron chi connectivity index (χ4n) is 3.69. The van der Waals surface area contributed by atoms with Crippen LogP contribution >= 0.6 is 0 Å². The third-order valence-electron chi connectivity index (χ3n) is 4.75. The lowest BCUT2D eigenvalue weighted by atomic mass is 9.65. The summed E-state index contributed by atoms with van der Waals surface area (Å²) in [7, 11) is 1.74. The van der Waals surface area contributed by atoms with E-state index in [1.54, 1.807) is 19.2 Å². The number of ether oxygens (including phenoxy) is 1. The maximum absolute atomic E-state index is 9.59. The van der Waals surface area contributed by atoms with Crippen molar-refractivity contribution in [3.8, 4) is 11.5 Å². The Bertz CT molecular complexity index is 595. The Labute approximate surface area is 126 Å². The van der Waals surface area contributed by atoms with E-state index >= 15 is 0 Å².